The predicted octanol–water partition coefficient (Wildman–Crippen LogP) is 2.86. The first-order valence-corrected chi connectivity index (χ1v) is 6.54. The van der Waals surface area contributed by atoms with Gasteiger partial charge in [0.15, 0.2) is 0 Å². The second-order valence-electron chi connectivity index (χ2n) is 4.89. The van der Waals surface area contributed by atoms with Gasteiger partial charge in [-0.25, -0.2) is 0 Å². The Bertz CT molecular complexity index is 614. The minimum Gasteiger partial charge on any atom is -0.350 e. The number of aromatic nitrogens is 1. The van der Waals surface area contributed by atoms with Gasteiger partial charge in [0.1, 0.15) is 0 Å². The lowest BCUT2D eigenvalue weighted by molar-refractivity contribution is -0.122. The van der Waals surface area contributed by atoms with Gasteiger partial charge in [-0.05, 0) is 37.1 Å². The average molecular weight is 263 g/mol. The summed E-state index contributed by atoms with van der Waals surface area (Å²) in [6, 6.07) is 7.91. The zero-order valence-electron chi connectivity index (χ0n) is 10.2. The fraction of sp³-hybridized carbons (Fsp3) is 0.357. The molecular weight excluding hydrogens is 248 g/mol. The number of hydrogen-bond donors (Lipinski definition) is 1. The van der Waals surface area contributed by atoms with E-state index in [-0.39, 0.29) is 11.8 Å². The van der Waals surface area contributed by atoms with Crippen LogP contribution in [0.2, 0.25) is 5.02 Å². The van der Waals surface area contributed by atoms with Gasteiger partial charge in [-0.3, -0.25) is 4.79 Å². The average Bonchev–Trinajstić information content (AvgIpc) is 3.13. The van der Waals surface area contributed by atoms with E-state index in [0.29, 0.717) is 6.54 Å². The van der Waals surface area contributed by atoms with Crippen molar-refractivity contribution in [2.75, 3.05) is 0 Å². The standard InChI is InChI=1S/C14H15ClN2O/c1-17-12(8-16-14(18)9-2-3-9)7-10-6-11(15)4-5-13(10)17/h4-7,9H,2-3,8H2,1H3,(H,16,18). The fourth-order valence-electron chi connectivity index (χ4n) is 2.21. The van der Waals surface area contributed by atoms with Crippen molar-refractivity contribution >= 4 is 28.4 Å². The number of nitrogens with one attached hydrogen (secondary N) is 1. The fourth-order valence-corrected chi connectivity index (χ4v) is 2.40. The van der Waals surface area contributed by atoms with Crippen molar-refractivity contribution in [3.05, 3.63) is 35.0 Å². The third-order valence-electron chi connectivity index (χ3n) is 3.50. The summed E-state index contributed by atoms with van der Waals surface area (Å²) in [5.41, 5.74) is 2.23. The van der Waals surface area contributed by atoms with Crippen LogP contribution in [0.15, 0.2) is 24.3 Å². The third kappa shape index (κ3) is 2.10. The number of rotatable bonds is 3. The van der Waals surface area contributed by atoms with Crippen LogP contribution in [0.1, 0.15) is 18.5 Å². The Morgan fingerprint density at radius 3 is 2.94 bits per heavy atom. The van der Waals surface area contributed by atoms with E-state index in [1.54, 1.807) is 0 Å². The lowest BCUT2D eigenvalue weighted by Gasteiger charge is -2.06. The largest absolute Gasteiger partial charge is 0.350 e. The number of benzene rings is 1. The van der Waals surface area contributed by atoms with Crippen LogP contribution in [0.25, 0.3) is 10.9 Å². The van der Waals surface area contributed by atoms with Crippen LogP contribution < -0.4 is 5.32 Å². The lowest BCUT2D eigenvalue weighted by Crippen LogP contribution is -2.25. The highest BCUT2D eigenvalue weighted by molar-refractivity contribution is 6.31. The number of carbonyl (C=O) groups excluding carboxylic acids is 1. The molecule has 3 rings (SSSR count). The molecule has 0 radical (unpaired) electrons. The van der Waals surface area contributed by atoms with Gasteiger partial charge in [0.05, 0.1) is 6.54 Å². The number of nitrogens with zero attached hydrogens (tertiary/aromatic N) is 1. The first kappa shape index (κ1) is 11.6. The van der Waals surface area contributed by atoms with E-state index in [4.69, 9.17) is 11.6 Å². The topological polar surface area (TPSA) is 34.0 Å². The molecule has 1 aliphatic carbocycles. The van der Waals surface area contributed by atoms with Crippen LogP contribution in [0, 0.1) is 5.92 Å². The maximum atomic E-state index is 11.6. The molecule has 1 aliphatic rings. The summed E-state index contributed by atoms with van der Waals surface area (Å²) in [5.74, 6) is 0.437. The highest BCUT2D eigenvalue weighted by atomic mass is 35.5. The quantitative estimate of drug-likeness (QED) is 0.907. The molecule has 0 atom stereocenters. The SMILES string of the molecule is Cn1c(CNC(=O)C2CC2)cc2cc(Cl)ccc21. The minimum absolute atomic E-state index is 0.179. The molecule has 1 N–H and O–H groups in total. The first-order chi connectivity index (χ1) is 8.65. The highest BCUT2D eigenvalue weighted by Crippen LogP contribution is 2.29. The predicted molar refractivity (Wildman–Crippen MR) is 72.5 cm³/mol. The van der Waals surface area contributed by atoms with Crippen LogP contribution in [0.3, 0.4) is 0 Å². The molecule has 1 heterocycles. The molecule has 2 aromatic rings. The Morgan fingerprint density at radius 1 is 1.44 bits per heavy atom. The zero-order valence-corrected chi connectivity index (χ0v) is 11.0. The van der Waals surface area contributed by atoms with Crippen molar-refractivity contribution in [1.82, 2.24) is 9.88 Å². The van der Waals surface area contributed by atoms with Crippen LogP contribution in [0.4, 0.5) is 0 Å². The molecule has 1 saturated carbocycles. The van der Waals surface area contributed by atoms with Crippen molar-refractivity contribution in [2.45, 2.75) is 19.4 Å². The van der Waals surface area contributed by atoms with E-state index in [0.717, 1.165) is 34.5 Å². The van der Waals surface area contributed by atoms with Gasteiger partial charge < -0.3 is 9.88 Å². The Hall–Kier alpha value is -1.48. The van der Waals surface area contributed by atoms with Crippen LogP contribution in [0.5, 0.6) is 0 Å². The van der Waals surface area contributed by atoms with Crippen molar-refractivity contribution in [1.29, 1.82) is 0 Å². The van der Waals surface area contributed by atoms with E-state index >= 15 is 0 Å². The molecule has 94 valence electrons. The Balaban J connectivity index is 1.82. The van der Waals surface area contributed by atoms with Crippen molar-refractivity contribution in [3.63, 3.8) is 0 Å². The van der Waals surface area contributed by atoms with Gasteiger partial charge in [-0.2, -0.15) is 0 Å². The molecule has 0 spiro atoms. The van der Waals surface area contributed by atoms with Gasteiger partial charge in [-0.15, -0.1) is 0 Å². The van der Waals surface area contributed by atoms with Crippen LogP contribution in [-0.2, 0) is 18.4 Å². The smallest absolute Gasteiger partial charge is 0.223 e. The van der Waals surface area contributed by atoms with E-state index in [1.807, 2.05) is 25.2 Å². The van der Waals surface area contributed by atoms with Crippen molar-refractivity contribution in [3.8, 4) is 0 Å². The minimum atomic E-state index is 0.179. The molecule has 18 heavy (non-hydrogen) atoms. The molecule has 4 heteroatoms. The molecule has 0 aliphatic heterocycles. The van der Waals surface area contributed by atoms with E-state index in [9.17, 15) is 4.79 Å². The molecule has 1 aromatic heterocycles. The summed E-state index contributed by atoms with van der Waals surface area (Å²) in [7, 11) is 2.01. The van der Waals surface area contributed by atoms with Crippen LogP contribution >= 0.6 is 11.6 Å². The van der Waals surface area contributed by atoms with Gasteiger partial charge >= 0.3 is 0 Å². The zero-order chi connectivity index (χ0) is 12.7. The third-order valence-corrected chi connectivity index (χ3v) is 3.73. The van der Waals surface area contributed by atoms with Gasteiger partial charge in [0, 0.05) is 34.6 Å². The molecule has 1 amide bonds. The molecule has 0 bridgehead atoms. The second kappa shape index (κ2) is 4.32. The summed E-state index contributed by atoms with van der Waals surface area (Å²) < 4.78 is 2.10. The molecular formula is C14H15ClN2O. The Kier molecular flexibility index (Phi) is 2.78. The summed E-state index contributed by atoms with van der Waals surface area (Å²) in [6.45, 7) is 0.581. The van der Waals surface area contributed by atoms with Gasteiger partial charge in [-0.1, -0.05) is 11.6 Å². The van der Waals surface area contributed by atoms with E-state index in [1.165, 1.54) is 0 Å². The normalized spacial score (nSPS) is 15.0. The molecule has 1 aromatic carbocycles. The Labute approximate surface area is 111 Å². The lowest BCUT2D eigenvalue weighted by atomic mass is 10.2. The maximum absolute atomic E-state index is 11.6. The van der Waals surface area contributed by atoms with E-state index < -0.39 is 0 Å². The number of halogens is 1. The first-order valence-electron chi connectivity index (χ1n) is 6.17. The summed E-state index contributed by atoms with van der Waals surface area (Å²) in [5, 5.41) is 4.83. The summed E-state index contributed by atoms with van der Waals surface area (Å²) in [4.78, 5) is 11.6. The number of fused-ring (bicyclic) bond motifs is 1. The number of aryl methyl sites for hydroxylation is 1. The second-order valence-corrected chi connectivity index (χ2v) is 5.33. The monoisotopic (exact) mass is 262 g/mol. The van der Waals surface area contributed by atoms with E-state index in [2.05, 4.69) is 16.0 Å². The Morgan fingerprint density at radius 2 is 2.22 bits per heavy atom. The molecule has 1 fully saturated rings. The van der Waals surface area contributed by atoms with Crippen molar-refractivity contribution < 1.29 is 4.79 Å². The molecule has 3 nitrogen and oxygen atoms in total. The number of amides is 1. The maximum Gasteiger partial charge on any atom is 0.223 e. The number of carbonyl (C=O) groups is 1. The molecule has 0 unspecified atom stereocenters. The number of hydrogen-bond acceptors (Lipinski definition) is 1. The molecule has 0 saturated heterocycles. The summed E-state index contributed by atoms with van der Waals surface area (Å²) in [6.07, 6.45) is 2.08. The highest BCUT2D eigenvalue weighted by Gasteiger charge is 2.29. The van der Waals surface area contributed by atoms with Gasteiger partial charge in [0.2, 0.25) is 5.91 Å². The summed E-state index contributed by atoms with van der Waals surface area (Å²) >= 11 is 5.98. The van der Waals surface area contributed by atoms with Crippen LogP contribution in [-0.4, -0.2) is 10.5 Å². The van der Waals surface area contributed by atoms with Crippen molar-refractivity contribution in [2.24, 2.45) is 13.0 Å². The van der Waals surface area contributed by atoms with Gasteiger partial charge in [0.25, 0.3) is 0 Å².